The zero-order chi connectivity index (χ0) is 15.8. The van der Waals surface area contributed by atoms with Gasteiger partial charge in [-0.15, -0.1) is 0 Å². The van der Waals surface area contributed by atoms with Crippen molar-refractivity contribution in [3.63, 3.8) is 0 Å². The average Bonchev–Trinajstić information content (AvgIpc) is 2.74. The van der Waals surface area contributed by atoms with Crippen molar-refractivity contribution in [1.82, 2.24) is 5.32 Å². The number of aliphatic imine (C=N–C) groups is 1. The molecule has 3 nitrogen and oxygen atoms in total. The lowest BCUT2D eigenvalue weighted by molar-refractivity contribution is -0.115. The van der Waals surface area contributed by atoms with E-state index in [1.165, 1.54) is 12.8 Å². The Bertz CT molecular complexity index is 694. The first kappa shape index (κ1) is 14.9. The fraction of sp³-hybridized carbons (Fsp3) is 0.474. The molecule has 1 N–H and O–H groups in total. The molecule has 1 aromatic carbocycles. The monoisotopic (exact) mass is 328 g/mol. The maximum Gasteiger partial charge on any atom is 0.166 e. The minimum absolute atomic E-state index is 0.200. The summed E-state index contributed by atoms with van der Waals surface area (Å²) in [6.07, 6.45) is 8.02. The maximum absolute atomic E-state index is 12.6. The fourth-order valence-corrected chi connectivity index (χ4v) is 4.26. The van der Waals surface area contributed by atoms with E-state index >= 15 is 0 Å². The highest BCUT2D eigenvalue weighted by molar-refractivity contribution is 6.30. The van der Waals surface area contributed by atoms with Crippen LogP contribution in [0.1, 0.15) is 50.0 Å². The second-order valence-corrected chi connectivity index (χ2v) is 7.29. The van der Waals surface area contributed by atoms with Crippen molar-refractivity contribution in [3.8, 4) is 0 Å². The van der Waals surface area contributed by atoms with Gasteiger partial charge in [-0.3, -0.25) is 9.79 Å². The van der Waals surface area contributed by atoms with Crippen LogP contribution < -0.4 is 5.32 Å². The number of allylic oxidation sites excluding steroid dienone is 2. The van der Waals surface area contributed by atoms with E-state index in [9.17, 15) is 4.79 Å². The average molecular weight is 329 g/mol. The summed E-state index contributed by atoms with van der Waals surface area (Å²) in [6, 6.07) is 8.61. The molecule has 2 aliphatic carbocycles. The number of fused-ring (bicyclic) bond motifs is 1. The van der Waals surface area contributed by atoms with Gasteiger partial charge >= 0.3 is 0 Å². The molecule has 0 radical (unpaired) electrons. The lowest BCUT2D eigenvalue weighted by atomic mass is 9.81. The number of carbonyl (C=O) groups excluding carboxylic acids is 1. The predicted molar refractivity (Wildman–Crippen MR) is 93.1 cm³/mol. The van der Waals surface area contributed by atoms with Crippen LogP contribution in [-0.4, -0.2) is 24.1 Å². The Kier molecular flexibility index (Phi) is 3.98. The van der Waals surface area contributed by atoms with Crippen molar-refractivity contribution in [1.29, 1.82) is 0 Å². The Morgan fingerprint density at radius 1 is 1.17 bits per heavy atom. The van der Waals surface area contributed by atoms with Gasteiger partial charge in [0.2, 0.25) is 0 Å². The molecule has 0 unspecified atom stereocenters. The van der Waals surface area contributed by atoms with Gasteiger partial charge in [0, 0.05) is 29.4 Å². The lowest BCUT2D eigenvalue weighted by Crippen LogP contribution is -2.41. The van der Waals surface area contributed by atoms with Gasteiger partial charge in [0.05, 0.1) is 11.6 Å². The summed E-state index contributed by atoms with van der Waals surface area (Å²) in [7, 11) is 0. The summed E-state index contributed by atoms with van der Waals surface area (Å²) < 4.78 is 0. The highest BCUT2D eigenvalue weighted by Gasteiger charge is 2.33. The topological polar surface area (TPSA) is 41.5 Å². The van der Waals surface area contributed by atoms with E-state index in [-0.39, 0.29) is 11.7 Å². The summed E-state index contributed by atoms with van der Waals surface area (Å²) in [6.45, 7) is 0. The molecule has 1 fully saturated rings. The van der Waals surface area contributed by atoms with Crippen LogP contribution in [0.3, 0.4) is 0 Å². The van der Waals surface area contributed by atoms with E-state index < -0.39 is 0 Å². The van der Waals surface area contributed by atoms with Crippen molar-refractivity contribution in [3.05, 3.63) is 46.1 Å². The smallest absolute Gasteiger partial charge is 0.166 e. The summed E-state index contributed by atoms with van der Waals surface area (Å²) in [5.74, 6) is 0.409. The molecule has 1 aromatic rings. The third-order valence-electron chi connectivity index (χ3n) is 5.31. The molecule has 4 heteroatoms. The Morgan fingerprint density at radius 3 is 2.91 bits per heavy atom. The van der Waals surface area contributed by atoms with Crippen LogP contribution in [0.15, 0.2) is 40.5 Å². The van der Waals surface area contributed by atoms with E-state index in [0.717, 1.165) is 41.1 Å². The molecule has 0 amide bonds. The van der Waals surface area contributed by atoms with Gasteiger partial charge in [0.1, 0.15) is 0 Å². The van der Waals surface area contributed by atoms with Gasteiger partial charge in [-0.25, -0.2) is 0 Å². The first-order valence-corrected chi connectivity index (χ1v) is 8.90. The minimum Gasteiger partial charge on any atom is -0.383 e. The molecular formula is C19H21ClN2O. The van der Waals surface area contributed by atoms with Gasteiger partial charge < -0.3 is 5.32 Å². The summed E-state index contributed by atoms with van der Waals surface area (Å²) in [5.41, 5.74) is 3.04. The number of hydrogen-bond acceptors (Lipinski definition) is 3. The maximum atomic E-state index is 12.6. The first-order chi connectivity index (χ1) is 11.2. The van der Waals surface area contributed by atoms with Crippen molar-refractivity contribution in [2.45, 2.75) is 56.5 Å². The second-order valence-electron chi connectivity index (χ2n) is 6.86. The molecule has 120 valence electrons. The number of halogens is 1. The highest BCUT2D eigenvalue weighted by Crippen LogP contribution is 2.36. The van der Waals surface area contributed by atoms with E-state index in [4.69, 9.17) is 16.6 Å². The third kappa shape index (κ3) is 2.94. The number of carbonyl (C=O) groups is 1. The molecule has 3 aliphatic rings. The molecule has 0 spiro atoms. The van der Waals surface area contributed by atoms with Gasteiger partial charge in [-0.2, -0.15) is 0 Å². The molecule has 1 saturated carbocycles. The van der Waals surface area contributed by atoms with E-state index in [0.29, 0.717) is 18.5 Å². The lowest BCUT2D eigenvalue weighted by Gasteiger charge is -2.32. The number of hydrogen-bond donors (Lipinski definition) is 1. The van der Waals surface area contributed by atoms with Gasteiger partial charge in [-0.1, -0.05) is 36.6 Å². The molecule has 23 heavy (non-hydrogen) atoms. The van der Waals surface area contributed by atoms with Crippen LogP contribution in [0, 0.1) is 0 Å². The molecule has 1 aliphatic heterocycles. The highest BCUT2D eigenvalue weighted by atomic mass is 35.5. The zero-order valence-electron chi connectivity index (χ0n) is 13.1. The summed E-state index contributed by atoms with van der Waals surface area (Å²) in [4.78, 5) is 17.3. The van der Waals surface area contributed by atoms with E-state index in [2.05, 4.69) is 11.4 Å². The summed E-state index contributed by atoms with van der Waals surface area (Å²) in [5, 5.41) is 4.40. The van der Waals surface area contributed by atoms with Crippen molar-refractivity contribution in [2.24, 2.45) is 4.99 Å². The van der Waals surface area contributed by atoms with Gasteiger partial charge in [-0.05, 0) is 42.9 Å². The van der Waals surface area contributed by atoms with Crippen molar-refractivity contribution >= 4 is 23.6 Å². The van der Waals surface area contributed by atoms with Crippen LogP contribution in [0.25, 0.3) is 0 Å². The number of Topliss-reactive ketones (excluding diaryl/α,β-unsaturated/α-hetero) is 1. The predicted octanol–water partition coefficient (Wildman–Crippen LogP) is 4.03. The van der Waals surface area contributed by atoms with Crippen molar-refractivity contribution in [2.75, 3.05) is 0 Å². The van der Waals surface area contributed by atoms with Crippen LogP contribution in [0.4, 0.5) is 0 Å². The number of rotatable bonds is 1. The Labute approximate surface area is 141 Å². The molecule has 0 saturated heterocycles. The molecule has 1 heterocycles. The standard InChI is InChI=1S/C19H21ClN2O/c20-14-5-3-4-12(8-14)13-9-18-15(19(23)10-13)11-21-16-6-1-2-7-17(16)22-18/h3-5,8,11,13,16-17,22H,1-2,6-7,9-10H2/t13-,16-,17-/m1/s1. The fourth-order valence-electron chi connectivity index (χ4n) is 4.07. The number of nitrogens with zero attached hydrogens (tertiary/aromatic N) is 1. The molecule has 4 rings (SSSR count). The minimum atomic E-state index is 0.200. The third-order valence-corrected chi connectivity index (χ3v) is 5.55. The molecule has 0 bridgehead atoms. The number of benzene rings is 1. The van der Waals surface area contributed by atoms with Gasteiger partial charge in [0.15, 0.2) is 5.78 Å². The molecule has 0 aromatic heterocycles. The SMILES string of the molecule is O=C1C[C@H](c2cccc(Cl)c2)CC2=C1C=N[C@@H]1CCCC[C@H]1N2. The van der Waals surface area contributed by atoms with Crippen LogP contribution >= 0.6 is 11.6 Å². The van der Waals surface area contributed by atoms with Crippen LogP contribution in [0.2, 0.25) is 5.02 Å². The quantitative estimate of drug-likeness (QED) is 0.845. The Hall–Kier alpha value is -1.61. The Balaban J connectivity index is 1.62. The zero-order valence-corrected chi connectivity index (χ0v) is 13.9. The molecular weight excluding hydrogens is 308 g/mol. The normalized spacial score (nSPS) is 30.3. The van der Waals surface area contributed by atoms with Crippen LogP contribution in [0.5, 0.6) is 0 Å². The number of ketones is 1. The van der Waals surface area contributed by atoms with E-state index in [1.54, 1.807) is 0 Å². The van der Waals surface area contributed by atoms with Crippen molar-refractivity contribution < 1.29 is 4.79 Å². The second kappa shape index (κ2) is 6.12. The summed E-state index contributed by atoms with van der Waals surface area (Å²) >= 11 is 6.12. The molecule has 3 atom stereocenters. The van der Waals surface area contributed by atoms with E-state index in [1.807, 2.05) is 24.4 Å². The van der Waals surface area contributed by atoms with Gasteiger partial charge in [0.25, 0.3) is 0 Å². The number of nitrogens with one attached hydrogen (secondary N) is 1. The Morgan fingerprint density at radius 2 is 2.04 bits per heavy atom. The largest absolute Gasteiger partial charge is 0.383 e. The first-order valence-electron chi connectivity index (χ1n) is 8.52. The van der Waals surface area contributed by atoms with Crippen LogP contribution in [-0.2, 0) is 4.79 Å².